The van der Waals surface area contributed by atoms with Crippen molar-refractivity contribution in [2.24, 2.45) is 0 Å². The molecule has 8 heteroatoms. The first-order chi connectivity index (χ1) is 1.73. The Morgan fingerprint density at radius 3 is 1.33 bits per heavy atom. The molecule has 0 atom stereocenters. The summed E-state index contributed by atoms with van der Waals surface area (Å²) in [5.41, 5.74) is 0. The summed E-state index contributed by atoms with van der Waals surface area (Å²) in [5.74, 6) is 0. The van der Waals surface area contributed by atoms with E-state index in [0.717, 1.165) is 0 Å². The first-order valence-corrected chi connectivity index (χ1v) is 0.632. The van der Waals surface area contributed by atoms with Crippen molar-refractivity contribution in [1.82, 2.24) is 0 Å². The van der Waals surface area contributed by atoms with E-state index in [1.54, 1.807) is 0 Å². The zero-order valence-electron chi connectivity index (χ0n) is 5.59. The third kappa shape index (κ3) is 75.3. The molecule has 0 aliphatic rings. The van der Waals surface area contributed by atoms with Gasteiger partial charge in [-0.05, 0) is 0 Å². The minimum absolute atomic E-state index is 0. The molecule has 0 heterocycles. The van der Waals surface area contributed by atoms with Crippen LogP contribution in [-0.4, -0.2) is 16.7 Å². The largest absolute Gasteiger partial charge is 1.00 e. The molecule has 0 aromatic heterocycles. The van der Waals surface area contributed by atoms with Crippen molar-refractivity contribution in [3.8, 4) is 0 Å². The van der Waals surface area contributed by atoms with E-state index in [9.17, 15) is 0 Å². The summed E-state index contributed by atoms with van der Waals surface area (Å²) in [7, 11) is 0. The Kier molecular flexibility index (Phi) is 126. The fourth-order valence-electron chi connectivity index (χ4n) is 0. The first-order valence-electron chi connectivity index (χ1n) is 0.632. The molecule has 0 spiro atoms. The molecule has 9 heavy (non-hydrogen) atoms. The van der Waals surface area contributed by atoms with Crippen LogP contribution in [0, 0.1) is 0 Å². The van der Waals surface area contributed by atoms with Gasteiger partial charge in [0, 0.05) is 0 Å². The van der Waals surface area contributed by atoms with E-state index in [1.807, 2.05) is 0 Å². The molecule has 0 aromatic carbocycles. The van der Waals surface area contributed by atoms with Gasteiger partial charge in [-0.1, -0.05) is 0 Å². The summed E-state index contributed by atoms with van der Waals surface area (Å²) in [6.07, 6.45) is -2.08. The van der Waals surface area contributed by atoms with E-state index >= 15 is 0 Å². The van der Waals surface area contributed by atoms with Crippen LogP contribution < -0.4 is 154 Å². The second-order valence-corrected chi connectivity index (χ2v) is 0.266. The molecule has 0 radical (unpaired) electrons. The average molecular weight is 259 g/mol. The standard InChI is InChI=1S/CH2O3.BrH.2K.Na.H2O/c2-1(3)4;;;;;/h(H2,2,3,4);1H;;;;1H2/q;;3*+1;/p-3. The molecule has 0 saturated heterocycles. The van der Waals surface area contributed by atoms with Gasteiger partial charge in [0.1, 0.15) is 0 Å². The van der Waals surface area contributed by atoms with E-state index in [2.05, 4.69) is 0 Å². The van der Waals surface area contributed by atoms with Crippen molar-refractivity contribution >= 4 is 6.16 Å². The monoisotopic (exact) mass is 258 g/mol. The minimum atomic E-state index is -2.08. The van der Waals surface area contributed by atoms with Crippen LogP contribution >= 0.6 is 0 Å². The molecule has 0 bridgehead atoms. The first kappa shape index (κ1) is 38.2. The van der Waals surface area contributed by atoms with Crippen molar-refractivity contribution in [1.29, 1.82) is 0 Å². The predicted octanol–water partition coefficient (Wildman–Crippen LogP) is -13.3. The van der Waals surface area contributed by atoms with Crippen LogP contribution in [0.4, 0.5) is 4.79 Å². The summed E-state index contributed by atoms with van der Waals surface area (Å²) in [6, 6.07) is 0. The summed E-state index contributed by atoms with van der Waals surface area (Å²) in [4.78, 5) is 8.44. The van der Waals surface area contributed by atoms with Crippen LogP contribution in [0.1, 0.15) is 0 Å². The van der Waals surface area contributed by atoms with Crippen molar-refractivity contribution in [3.05, 3.63) is 0 Å². The van der Waals surface area contributed by atoms with E-state index in [1.165, 1.54) is 0 Å². The molecule has 0 aliphatic heterocycles. The number of hydrogen-bond donors (Lipinski definition) is 1. The van der Waals surface area contributed by atoms with Gasteiger partial charge in [0.2, 0.25) is 6.16 Å². The zero-order valence-corrected chi connectivity index (χ0v) is 15.4. The van der Waals surface area contributed by atoms with Crippen molar-refractivity contribution < 1.29 is 170 Å². The molecule has 0 saturated carbocycles. The van der Waals surface area contributed by atoms with Crippen LogP contribution in [0.25, 0.3) is 0 Å². The maximum absolute atomic E-state index is 8.44. The Morgan fingerprint density at radius 2 is 1.33 bits per heavy atom. The molecular formula is CH2BrK2NaO4. The van der Waals surface area contributed by atoms with Crippen LogP contribution in [0.2, 0.25) is 0 Å². The SMILES string of the molecule is O=C([O-])O.[Br-].[K+].[K+].[Na+].[OH-]. The van der Waals surface area contributed by atoms with Crippen LogP contribution in [0.5, 0.6) is 0 Å². The number of hydrogen-bond acceptors (Lipinski definition) is 3. The number of halogens is 1. The average Bonchev–Trinajstić information content (AvgIpc) is 0.811. The van der Waals surface area contributed by atoms with E-state index < -0.39 is 6.16 Å². The fourth-order valence-corrected chi connectivity index (χ4v) is 0. The Balaban J connectivity index is -0.00000000450. The van der Waals surface area contributed by atoms with E-state index in [-0.39, 0.29) is 155 Å². The molecule has 2 N–H and O–H groups in total. The molecule has 0 aromatic rings. The van der Waals surface area contributed by atoms with Gasteiger partial charge >= 0.3 is 132 Å². The maximum atomic E-state index is 8.44. The molecular weight excluding hydrogens is 257 g/mol. The quantitative estimate of drug-likeness (QED) is 0.437. The van der Waals surface area contributed by atoms with E-state index in [4.69, 9.17) is 15.0 Å². The van der Waals surface area contributed by atoms with Gasteiger partial charge in [0.15, 0.2) is 0 Å². The third-order valence-electron chi connectivity index (χ3n) is 0. The smallest absolute Gasteiger partial charge is 1.00 e. The molecule has 4 nitrogen and oxygen atoms in total. The Bertz CT molecular complexity index is 41.5. The van der Waals surface area contributed by atoms with Crippen LogP contribution in [-0.2, 0) is 0 Å². The second kappa shape index (κ2) is 29.6. The molecule has 0 aliphatic carbocycles. The van der Waals surface area contributed by atoms with Gasteiger partial charge < -0.3 is 37.5 Å². The summed E-state index contributed by atoms with van der Waals surface area (Å²) >= 11 is 0. The molecule has 40 valence electrons. The van der Waals surface area contributed by atoms with Gasteiger partial charge in [0.25, 0.3) is 0 Å². The number of rotatable bonds is 0. The van der Waals surface area contributed by atoms with Crippen LogP contribution in [0.15, 0.2) is 0 Å². The third-order valence-corrected chi connectivity index (χ3v) is 0. The fraction of sp³-hybridized carbons (Fsp3) is 0. The van der Waals surface area contributed by atoms with Crippen molar-refractivity contribution in [3.63, 3.8) is 0 Å². The summed E-state index contributed by atoms with van der Waals surface area (Å²) in [6.45, 7) is 0. The Morgan fingerprint density at radius 1 is 1.33 bits per heavy atom. The Hall–Kier alpha value is 3.98. The summed E-state index contributed by atoms with van der Waals surface area (Å²) < 4.78 is 0. The van der Waals surface area contributed by atoms with Crippen molar-refractivity contribution in [2.45, 2.75) is 0 Å². The molecule has 0 amide bonds. The zero-order chi connectivity index (χ0) is 3.58. The second-order valence-electron chi connectivity index (χ2n) is 0.266. The van der Waals surface area contributed by atoms with Crippen molar-refractivity contribution in [2.75, 3.05) is 0 Å². The van der Waals surface area contributed by atoms with Gasteiger partial charge in [-0.15, -0.1) is 0 Å². The van der Waals surface area contributed by atoms with Gasteiger partial charge in [-0.25, -0.2) is 0 Å². The predicted molar refractivity (Wildman–Crippen MR) is 9.96 cm³/mol. The maximum Gasteiger partial charge on any atom is 1.00 e. The van der Waals surface area contributed by atoms with Gasteiger partial charge in [-0.3, -0.25) is 0 Å². The molecule has 0 fully saturated rings. The Labute approximate surface area is 171 Å². The van der Waals surface area contributed by atoms with Crippen LogP contribution in [0.3, 0.4) is 0 Å². The normalized spacial score (nSPS) is 2.67. The number of carbonyl (C=O) groups is 1. The van der Waals surface area contributed by atoms with Gasteiger partial charge in [-0.2, -0.15) is 0 Å². The van der Waals surface area contributed by atoms with Gasteiger partial charge in [0.05, 0.1) is 0 Å². The molecule has 0 unspecified atom stereocenters. The molecule has 0 rings (SSSR count). The topological polar surface area (TPSA) is 90.4 Å². The van der Waals surface area contributed by atoms with E-state index in [0.29, 0.717) is 0 Å². The number of carboxylic acid groups (broad SMARTS) is 2. The minimum Gasteiger partial charge on any atom is -1.00 e. The summed E-state index contributed by atoms with van der Waals surface area (Å²) in [5, 5.41) is 15.3.